The molecule has 2 rings (SSSR count). The van der Waals surface area contributed by atoms with Crippen LogP contribution in [0.2, 0.25) is 0 Å². The Morgan fingerprint density at radius 2 is 2.05 bits per heavy atom. The summed E-state index contributed by atoms with van der Waals surface area (Å²) in [5, 5.41) is 3.46. The quantitative estimate of drug-likeness (QED) is 0.751. The van der Waals surface area contributed by atoms with Gasteiger partial charge in [-0.3, -0.25) is 9.88 Å². The normalized spacial score (nSPS) is 15.2. The minimum absolute atomic E-state index is 0.687. The van der Waals surface area contributed by atoms with Crippen LogP contribution in [0.25, 0.3) is 0 Å². The fourth-order valence-electron chi connectivity index (χ4n) is 2.40. The Balaban J connectivity index is 1.84. The lowest BCUT2D eigenvalue weighted by Crippen LogP contribution is -2.26. The molecule has 0 aromatic carbocycles. The predicted molar refractivity (Wildman–Crippen MR) is 84.5 cm³/mol. The monoisotopic (exact) mass is 275 g/mol. The van der Waals surface area contributed by atoms with Crippen LogP contribution in [0, 0.1) is 11.8 Å². The van der Waals surface area contributed by atoms with E-state index in [1.54, 1.807) is 0 Å². The van der Waals surface area contributed by atoms with Crippen molar-refractivity contribution in [2.45, 2.75) is 46.7 Å². The molecule has 0 spiro atoms. The van der Waals surface area contributed by atoms with E-state index in [9.17, 15) is 0 Å². The molecule has 0 atom stereocenters. The summed E-state index contributed by atoms with van der Waals surface area (Å²) in [6.07, 6.45) is 2.84. The summed E-state index contributed by atoms with van der Waals surface area (Å²) in [6.45, 7) is 12.0. The van der Waals surface area contributed by atoms with E-state index in [-0.39, 0.29) is 0 Å². The van der Waals surface area contributed by atoms with Crippen LogP contribution in [0.3, 0.4) is 0 Å². The second-order valence-electron chi connectivity index (χ2n) is 6.42. The summed E-state index contributed by atoms with van der Waals surface area (Å²) in [5.74, 6) is 1.64. The van der Waals surface area contributed by atoms with E-state index in [0.29, 0.717) is 5.92 Å². The van der Waals surface area contributed by atoms with Gasteiger partial charge in [-0.25, -0.2) is 0 Å². The third-order valence-corrected chi connectivity index (χ3v) is 3.77. The molecule has 20 heavy (non-hydrogen) atoms. The van der Waals surface area contributed by atoms with E-state index in [1.165, 1.54) is 25.1 Å². The lowest BCUT2D eigenvalue weighted by molar-refractivity contribution is 0.265. The van der Waals surface area contributed by atoms with Gasteiger partial charge in [0.15, 0.2) is 0 Å². The molecule has 0 aliphatic heterocycles. The fraction of sp³-hybridized carbons (Fsp3) is 0.706. The second-order valence-corrected chi connectivity index (χ2v) is 6.42. The Bertz CT molecular complexity index is 399. The first kappa shape index (κ1) is 15.5. The molecule has 1 aliphatic carbocycles. The molecular weight excluding hydrogens is 246 g/mol. The first-order chi connectivity index (χ1) is 9.67. The van der Waals surface area contributed by atoms with Crippen LogP contribution in [-0.4, -0.2) is 29.5 Å². The van der Waals surface area contributed by atoms with Crippen LogP contribution < -0.4 is 5.32 Å². The van der Waals surface area contributed by atoms with Gasteiger partial charge in [-0.1, -0.05) is 26.8 Å². The van der Waals surface area contributed by atoms with Crippen molar-refractivity contribution in [3.05, 3.63) is 29.6 Å². The average molecular weight is 275 g/mol. The zero-order chi connectivity index (χ0) is 14.4. The first-order valence-electron chi connectivity index (χ1n) is 8.05. The maximum atomic E-state index is 4.78. The highest BCUT2D eigenvalue weighted by Gasteiger charge is 2.23. The van der Waals surface area contributed by atoms with Crippen molar-refractivity contribution in [3.63, 3.8) is 0 Å². The number of hydrogen-bond acceptors (Lipinski definition) is 3. The van der Waals surface area contributed by atoms with Gasteiger partial charge >= 0.3 is 0 Å². The molecule has 0 unspecified atom stereocenters. The van der Waals surface area contributed by atoms with Crippen LogP contribution in [0.4, 0.5) is 0 Å². The molecule has 1 fully saturated rings. The Morgan fingerprint density at radius 3 is 2.70 bits per heavy atom. The molecule has 1 N–H and O–H groups in total. The minimum Gasteiger partial charge on any atom is -0.311 e. The van der Waals surface area contributed by atoms with Gasteiger partial charge in [-0.2, -0.15) is 0 Å². The van der Waals surface area contributed by atoms with Crippen molar-refractivity contribution >= 4 is 0 Å². The Hall–Kier alpha value is -0.930. The van der Waals surface area contributed by atoms with E-state index >= 15 is 0 Å². The highest BCUT2D eigenvalue weighted by atomic mass is 15.1. The maximum Gasteiger partial charge on any atom is 0.0547 e. The Labute approximate surface area is 123 Å². The number of nitrogens with zero attached hydrogens (tertiary/aromatic N) is 2. The zero-order valence-corrected chi connectivity index (χ0v) is 13.2. The standard InChI is InChI=1S/C17H29N3/c1-4-20(12-15-8-9-15)13-17-7-5-6-16(19-17)11-18-10-14(2)3/h5-7,14-15,18H,4,8-13H2,1-3H3. The molecule has 0 bridgehead atoms. The van der Waals surface area contributed by atoms with E-state index < -0.39 is 0 Å². The number of nitrogens with one attached hydrogen (secondary N) is 1. The maximum absolute atomic E-state index is 4.78. The molecule has 1 aromatic rings. The molecule has 0 saturated heterocycles. The number of hydrogen-bond donors (Lipinski definition) is 1. The largest absolute Gasteiger partial charge is 0.311 e. The molecule has 112 valence electrons. The van der Waals surface area contributed by atoms with Crippen LogP contribution in [0.1, 0.15) is 45.0 Å². The van der Waals surface area contributed by atoms with E-state index in [4.69, 9.17) is 4.98 Å². The third kappa shape index (κ3) is 5.59. The van der Waals surface area contributed by atoms with E-state index in [0.717, 1.165) is 37.8 Å². The van der Waals surface area contributed by atoms with Crippen molar-refractivity contribution in [2.24, 2.45) is 11.8 Å². The van der Waals surface area contributed by atoms with Crippen molar-refractivity contribution in [3.8, 4) is 0 Å². The number of rotatable bonds is 9. The number of aromatic nitrogens is 1. The lowest BCUT2D eigenvalue weighted by Gasteiger charge is -2.20. The predicted octanol–water partition coefficient (Wildman–Crippen LogP) is 3.06. The summed E-state index contributed by atoms with van der Waals surface area (Å²) >= 11 is 0. The highest BCUT2D eigenvalue weighted by Crippen LogP contribution is 2.29. The fourth-order valence-corrected chi connectivity index (χ4v) is 2.40. The molecule has 0 amide bonds. The van der Waals surface area contributed by atoms with Gasteiger partial charge in [0.1, 0.15) is 0 Å². The van der Waals surface area contributed by atoms with Crippen molar-refractivity contribution < 1.29 is 0 Å². The van der Waals surface area contributed by atoms with E-state index in [1.807, 2.05) is 0 Å². The van der Waals surface area contributed by atoms with Crippen molar-refractivity contribution in [1.82, 2.24) is 15.2 Å². The van der Waals surface area contributed by atoms with Crippen LogP contribution >= 0.6 is 0 Å². The molecule has 1 heterocycles. The summed E-state index contributed by atoms with van der Waals surface area (Å²) in [4.78, 5) is 7.30. The molecular formula is C17H29N3. The van der Waals surface area contributed by atoms with Crippen molar-refractivity contribution in [2.75, 3.05) is 19.6 Å². The Kier molecular flexibility index (Phi) is 5.99. The molecule has 1 aromatic heterocycles. The minimum atomic E-state index is 0.687. The van der Waals surface area contributed by atoms with Gasteiger partial charge in [0.25, 0.3) is 0 Å². The second kappa shape index (κ2) is 7.75. The zero-order valence-electron chi connectivity index (χ0n) is 13.2. The van der Waals surface area contributed by atoms with Gasteiger partial charge < -0.3 is 5.32 Å². The molecule has 1 saturated carbocycles. The van der Waals surface area contributed by atoms with Crippen LogP contribution in [0.15, 0.2) is 18.2 Å². The van der Waals surface area contributed by atoms with Crippen LogP contribution in [0.5, 0.6) is 0 Å². The van der Waals surface area contributed by atoms with Gasteiger partial charge in [0.2, 0.25) is 0 Å². The summed E-state index contributed by atoms with van der Waals surface area (Å²) in [7, 11) is 0. The average Bonchev–Trinajstić information content (AvgIpc) is 3.22. The topological polar surface area (TPSA) is 28.2 Å². The molecule has 3 heteroatoms. The van der Waals surface area contributed by atoms with Gasteiger partial charge in [0.05, 0.1) is 11.4 Å². The smallest absolute Gasteiger partial charge is 0.0547 e. The first-order valence-corrected chi connectivity index (χ1v) is 8.05. The SMILES string of the molecule is CCN(Cc1cccc(CNCC(C)C)n1)CC1CC1. The summed E-state index contributed by atoms with van der Waals surface area (Å²) < 4.78 is 0. The van der Waals surface area contributed by atoms with Gasteiger partial charge in [-0.05, 0) is 49.9 Å². The molecule has 3 nitrogen and oxygen atoms in total. The summed E-state index contributed by atoms with van der Waals surface area (Å²) in [5.41, 5.74) is 2.36. The molecule has 0 radical (unpaired) electrons. The van der Waals surface area contributed by atoms with Gasteiger partial charge in [-0.15, -0.1) is 0 Å². The van der Waals surface area contributed by atoms with Gasteiger partial charge in [0, 0.05) is 19.6 Å². The molecule has 1 aliphatic rings. The highest BCUT2D eigenvalue weighted by molar-refractivity contribution is 5.11. The van der Waals surface area contributed by atoms with Crippen LogP contribution in [-0.2, 0) is 13.1 Å². The lowest BCUT2D eigenvalue weighted by atomic mass is 10.2. The summed E-state index contributed by atoms with van der Waals surface area (Å²) in [6, 6.07) is 6.41. The van der Waals surface area contributed by atoms with E-state index in [2.05, 4.69) is 49.2 Å². The third-order valence-electron chi connectivity index (χ3n) is 3.77. The number of pyridine rings is 1. The Morgan fingerprint density at radius 1 is 1.30 bits per heavy atom. The van der Waals surface area contributed by atoms with Crippen molar-refractivity contribution in [1.29, 1.82) is 0 Å².